The predicted molar refractivity (Wildman–Crippen MR) is 163 cm³/mol. The van der Waals surface area contributed by atoms with Crippen molar-refractivity contribution in [2.24, 2.45) is 10.8 Å². The summed E-state index contributed by atoms with van der Waals surface area (Å²) in [7, 11) is 0. The van der Waals surface area contributed by atoms with Crippen LogP contribution in [0.5, 0.6) is 0 Å². The second-order valence-corrected chi connectivity index (χ2v) is 13.6. The summed E-state index contributed by atoms with van der Waals surface area (Å²) in [5.74, 6) is 0.686. The Balaban J connectivity index is 0.000000466. The van der Waals surface area contributed by atoms with Gasteiger partial charge in [-0.2, -0.15) is 0 Å². The van der Waals surface area contributed by atoms with E-state index >= 15 is 0 Å². The van der Waals surface area contributed by atoms with Gasteiger partial charge < -0.3 is 10.1 Å². The first-order chi connectivity index (χ1) is 17.3. The Bertz CT molecular complexity index is 1300. The molecule has 1 atom stereocenters. The van der Waals surface area contributed by atoms with Gasteiger partial charge in [0.15, 0.2) is 5.78 Å². The van der Waals surface area contributed by atoms with E-state index in [4.69, 9.17) is 4.98 Å². The Morgan fingerprint density at radius 3 is 2.10 bits per heavy atom. The van der Waals surface area contributed by atoms with Gasteiger partial charge in [-0.05, 0) is 45.8 Å². The number of hydrogen-bond acceptors (Lipinski definition) is 3. The molecule has 215 valence electrons. The zero-order chi connectivity index (χ0) is 29.1. The molecule has 0 aliphatic heterocycles. The normalized spacial score (nSPS) is 13.3. The molecule has 3 rings (SSSR count). The third-order valence-corrected chi connectivity index (χ3v) is 6.87. The molecule has 0 aliphatic rings. The van der Waals surface area contributed by atoms with Crippen LogP contribution in [0.2, 0.25) is 0 Å². The van der Waals surface area contributed by atoms with E-state index < -0.39 is 5.41 Å². The topological polar surface area (TPSA) is 50.2 Å². The Morgan fingerprint density at radius 2 is 1.59 bits per heavy atom. The first kappa shape index (κ1) is 34.7. The van der Waals surface area contributed by atoms with Crippen LogP contribution in [-0.4, -0.2) is 15.9 Å². The molecule has 1 unspecified atom stereocenters. The van der Waals surface area contributed by atoms with Crippen LogP contribution in [0.1, 0.15) is 105 Å². The van der Waals surface area contributed by atoms with Crippen molar-refractivity contribution in [2.75, 3.05) is 0 Å². The van der Waals surface area contributed by atoms with E-state index in [1.165, 1.54) is 28.0 Å². The number of aryl methyl sites for hydroxylation is 1. The number of benzene rings is 2. The van der Waals surface area contributed by atoms with Gasteiger partial charge in [0.2, 0.25) is 0 Å². The summed E-state index contributed by atoms with van der Waals surface area (Å²) in [6.07, 6.45) is 4.41. The van der Waals surface area contributed by atoms with Gasteiger partial charge in [0, 0.05) is 43.2 Å². The second-order valence-electron chi connectivity index (χ2n) is 13.6. The standard InChI is InChI=1S/C24H28N.C11H20O2.Ir/c1-7-17(3)18-8-9-22-19(14-18)10-11-25-23(22)20-12-16(2)13-21(15-20)24(4,5)6;1-10(2,3)8(12)7-9(13)11(4,5)6;/h8-11,13-15,17H,7H2,1-6H3;7,12H,1-6H3;/q-1;;. The smallest absolute Gasteiger partial charge is 0.164 e. The van der Waals surface area contributed by atoms with Gasteiger partial charge in [-0.25, -0.2) is 0 Å². The van der Waals surface area contributed by atoms with Crippen LogP contribution in [-0.2, 0) is 30.3 Å². The summed E-state index contributed by atoms with van der Waals surface area (Å²) in [5.41, 5.74) is 5.36. The summed E-state index contributed by atoms with van der Waals surface area (Å²) < 4.78 is 0. The van der Waals surface area contributed by atoms with Crippen molar-refractivity contribution in [3.8, 4) is 11.3 Å². The van der Waals surface area contributed by atoms with E-state index in [1.54, 1.807) is 0 Å². The average Bonchev–Trinajstić information content (AvgIpc) is 2.81. The average molecular weight is 707 g/mol. The zero-order valence-corrected chi connectivity index (χ0v) is 28.4. The fraction of sp³-hybridized carbons (Fsp3) is 0.486. The molecular formula is C35H48IrNO2-. The van der Waals surface area contributed by atoms with Crippen molar-refractivity contribution in [1.82, 2.24) is 4.98 Å². The van der Waals surface area contributed by atoms with Crippen molar-refractivity contribution in [3.05, 3.63) is 77.2 Å². The van der Waals surface area contributed by atoms with Crippen LogP contribution in [0.15, 0.2) is 54.4 Å². The van der Waals surface area contributed by atoms with Crippen molar-refractivity contribution in [1.29, 1.82) is 0 Å². The van der Waals surface area contributed by atoms with Gasteiger partial charge in [-0.1, -0.05) is 101 Å². The fourth-order valence-corrected chi connectivity index (χ4v) is 3.79. The number of aliphatic hydroxyl groups excluding tert-OH is 1. The molecule has 2 aromatic carbocycles. The molecular weight excluding hydrogens is 659 g/mol. The number of allylic oxidation sites excluding steroid dienone is 2. The molecule has 3 nitrogen and oxygen atoms in total. The minimum atomic E-state index is -0.417. The predicted octanol–water partition coefficient (Wildman–Crippen LogP) is 9.91. The van der Waals surface area contributed by atoms with E-state index in [-0.39, 0.29) is 42.5 Å². The maximum absolute atomic E-state index is 11.5. The molecule has 0 saturated heterocycles. The Morgan fingerprint density at radius 1 is 0.974 bits per heavy atom. The minimum absolute atomic E-state index is 0. The third-order valence-electron chi connectivity index (χ3n) is 6.87. The first-order valence-corrected chi connectivity index (χ1v) is 13.7. The Hall–Kier alpha value is -2.29. The number of aromatic nitrogens is 1. The Kier molecular flexibility index (Phi) is 11.9. The third kappa shape index (κ3) is 9.69. The van der Waals surface area contributed by atoms with E-state index in [0.717, 1.165) is 23.2 Å². The van der Waals surface area contributed by atoms with Gasteiger partial charge in [-0.15, -0.1) is 34.9 Å². The number of nitrogens with zero attached hydrogens (tertiary/aromatic N) is 1. The molecule has 0 aliphatic carbocycles. The van der Waals surface area contributed by atoms with Crippen LogP contribution < -0.4 is 0 Å². The number of hydrogen-bond donors (Lipinski definition) is 1. The number of pyridine rings is 1. The molecule has 3 aromatic rings. The summed E-state index contributed by atoms with van der Waals surface area (Å²) >= 11 is 0. The molecule has 0 spiro atoms. The van der Waals surface area contributed by atoms with E-state index in [9.17, 15) is 9.90 Å². The first-order valence-electron chi connectivity index (χ1n) is 13.7. The number of aliphatic hydroxyl groups is 1. The van der Waals surface area contributed by atoms with E-state index in [2.05, 4.69) is 84.0 Å². The number of rotatable bonds is 4. The summed E-state index contributed by atoms with van der Waals surface area (Å²) in [5, 5.41) is 12.0. The minimum Gasteiger partial charge on any atom is -0.512 e. The van der Waals surface area contributed by atoms with Crippen LogP contribution >= 0.6 is 0 Å². The molecule has 1 radical (unpaired) electrons. The van der Waals surface area contributed by atoms with Gasteiger partial charge in [0.1, 0.15) is 5.76 Å². The molecule has 0 bridgehead atoms. The van der Waals surface area contributed by atoms with Crippen LogP contribution in [0, 0.1) is 23.8 Å². The summed E-state index contributed by atoms with van der Waals surface area (Å²) in [6, 6.07) is 16.9. The fourth-order valence-electron chi connectivity index (χ4n) is 3.79. The van der Waals surface area contributed by atoms with Gasteiger partial charge >= 0.3 is 0 Å². The Labute approximate surface area is 250 Å². The quantitative estimate of drug-likeness (QED) is 0.167. The van der Waals surface area contributed by atoms with E-state index in [0.29, 0.717) is 5.92 Å². The molecule has 0 fully saturated rings. The van der Waals surface area contributed by atoms with E-state index in [1.807, 2.05) is 47.7 Å². The number of carbonyl (C=O) groups is 1. The van der Waals surface area contributed by atoms with Crippen LogP contribution in [0.25, 0.3) is 22.0 Å². The van der Waals surface area contributed by atoms with Crippen molar-refractivity contribution in [3.63, 3.8) is 0 Å². The van der Waals surface area contributed by atoms with Gasteiger partial charge in [0.05, 0.1) is 0 Å². The number of carbonyl (C=O) groups excluding carboxylic acids is 1. The van der Waals surface area contributed by atoms with Crippen molar-refractivity contribution < 1.29 is 30.0 Å². The van der Waals surface area contributed by atoms with Crippen LogP contribution in [0.3, 0.4) is 0 Å². The number of ketones is 1. The van der Waals surface area contributed by atoms with Crippen molar-refractivity contribution in [2.45, 2.75) is 101 Å². The molecule has 0 saturated carbocycles. The molecule has 39 heavy (non-hydrogen) atoms. The molecule has 4 heteroatoms. The zero-order valence-electron chi connectivity index (χ0n) is 26.0. The monoisotopic (exact) mass is 707 g/mol. The number of fused-ring (bicyclic) bond motifs is 1. The van der Waals surface area contributed by atoms with Crippen LogP contribution in [0.4, 0.5) is 0 Å². The maximum atomic E-state index is 11.5. The molecule has 1 heterocycles. The molecule has 1 aromatic heterocycles. The largest absolute Gasteiger partial charge is 0.512 e. The summed E-state index contributed by atoms with van der Waals surface area (Å²) in [6.45, 7) is 24.5. The molecule has 1 N–H and O–H groups in total. The summed E-state index contributed by atoms with van der Waals surface area (Å²) in [4.78, 5) is 16.2. The molecule has 0 amide bonds. The van der Waals surface area contributed by atoms with Crippen molar-refractivity contribution >= 4 is 16.6 Å². The SMILES string of the molecule is CC(C)(C)C(=O)C=C(O)C(C)(C)C.CCC(C)c1ccc2c(-c3[c-]c(C)cc(C(C)(C)C)c3)nccc2c1.[Ir]. The van der Waals surface area contributed by atoms with Gasteiger partial charge in [0.25, 0.3) is 0 Å². The van der Waals surface area contributed by atoms with Gasteiger partial charge in [-0.3, -0.25) is 4.79 Å². The maximum Gasteiger partial charge on any atom is 0.164 e. The second kappa shape index (κ2) is 13.4.